The van der Waals surface area contributed by atoms with Gasteiger partial charge in [0.05, 0.1) is 11.1 Å². The Labute approximate surface area is 118 Å². The van der Waals surface area contributed by atoms with Gasteiger partial charge in [-0.2, -0.15) is 10.2 Å². The van der Waals surface area contributed by atoms with E-state index in [1.54, 1.807) is 24.3 Å². The Balaban J connectivity index is 2.10. The summed E-state index contributed by atoms with van der Waals surface area (Å²) in [5.41, 5.74) is 3.58. The fourth-order valence-electron chi connectivity index (χ4n) is 1.72. The number of nitrogens with zero attached hydrogens (tertiary/aromatic N) is 3. The average molecular weight is 283 g/mol. The number of nitriles is 1. The van der Waals surface area contributed by atoms with E-state index in [0.717, 1.165) is 10.2 Å². The lowest BCUT2D eigenvalue weighted by atomic mass is 10.2. The van der Waals surface area contributed by atoms with E-state index in [1.807, 2.05) is 11.4 Å². The van der Waals surface area contributed by atoms with Crippen molar-refractivity contribution in [2.75, 3.05) is 5.43 Å². The maximum atomic E-state index is 9.08. The number of nitrogen functional groups attached to an aromatic ring is 1. The number of para-hydroxylation sites is 1. The normalized spacial score (nSPS) is 10.2. The minimum Gasteiger partial charge on any atom is -0.436 e. The van der Waals surface area contributed by atoms with Crippen LogP contribution in [0.4, 0.5) is 5.95 Å². The maximum absolute atomic E-state index is 9.08. The molecule has 0 saturated heterocycles. The zero-order chi connectivity index (χ0) is 13.9. The highest BCUT2D eigenvalue weighted by molar-refractivity contribution is 7.17. The molecule has 0 bridgehead atoms. The molecule has 7 heteroatoms. The van der Waals surface area contributed by atoms with Crippen molar-refractivity contribution in [3.8, 4) is 17.7 Å². The number of ether oxygens (including phenoxy) is 1. The molecule has 2 heterocycles. The van der Waals surface area contributed by atoms with E-state index in [9.17, 15) is 0 Å². The van der Waals surface area contributed by atoms with Gasteiger partial charge in [0, 0.05) is 0 Å². The molecule has 3 rings (SSSR count). The van der Waals surface area contributed by atoms with Crippen LogP contribution in [0.15, 0.2) is 35.7 Å². The van der Waals surface area contributed by atoms with Gasteiger partial charge >= 0.3 is 0 Å². The SMILES string of the molecule is N#Cc1ccccc1Oc1nc(NN)nc2ccsc12. The zero-order valence-corrected chi connectivity index (χ0v) is 11.0. The lowest BCUT2D eigenvalue weighted by Gasteiger charge is -2.08. The molecular weight excluding hydrogens is 274 g/mol. The van der Waals surface area contributed by atoms with Gasteiger partial charge < -0.3 is 4.74 Å². The van der Waals surface area contributed by atoms with Gasteiger partial charge in [0.2, 0.25) is 11.8 Å². The summed E-state index contributed by atoms with van der Waals surface area (Å²) >= 11 is 1.46. The fourth-order valence-corrected chi connectivity index (χ4v) is 2.48. The number of benzene rings is 1. The first kappa shape index (κ1) is 12.3. The molecule has 0 aliphatic carbocycles. The van der Waals surface area contributed by atoms with E-state index >= 15 is 0 Å². The number of hydrogen-bond acceptors (Lipinski definition) is 7. The molecule has 0 spiro atoms. The highest BCUT2D eigenvalue weighted by atomic mass is 32.1. The number of aromatic nitrogens is 2. The smallest absolute Gasteiger partial charge is 0.242 e. The molecule has 0 saturated carbocycles. The lowest BCUT2D eigenvalue weighted by Crippen LogP contribution is -2.10. The molecule has 0 unspecified atom stereocenters. The Kier molecular flexibility index (Phi) is 3.16. The van der Waals surface area contributed by atoms with Crippen LogP contribution in [-0.4, -0.2) is 9.97 Å². The molecule has 3 N–H and O–H groups in total. The predicted octanol–water partition coefficient (Wildman–Crippen LogP) is 2.64. The quantitative estimate of drug-likeness (QED) is 0.566. The molecule has 0 radical (unpaired) electrons. The molecule has 0 atom stereocenters. The number of nitrogens with one attached hydrogen (secondary N) is 1. The van der Waals surface area contributed by atoms with Gasteiger partial charge in [-0.05, 0) is 23.6 Å². The Morgan fingerprint density at radius 2 is 2.10 bits per heavy atom. The van der Waals surface area contributed by atoms with Crippen molar-refractivity contribution in [1.82, 2.24) is 9.97 Å². The lowest BCUT2D eigenvalue weighted by molar-refractivity contribution is 0.468. The van der Waals surface area contributed by atoms with Gasteiger partial charge in [0.25, 0.3) is 0 Å². The number of thiophene rings is 1. The largest absolute Gasteiger partial charge is 0.436 e. The van der Waals surface area contributed by atoms with Crippen LogP contribution >= 0.6 is 11.3 Å². The minimum absolute atomic E-state index is 0.264. The van der Waals surface area contributed by atoms with Crippen LogP contribution in [0.25, 0.3) is 10.2 Å². The summed E-state index contributed by atoms with van der Waals surface area (Å²) in [7, 11) is 0. The van der Waals surface area contributed by atoms with Crippen LogP contribution in [0.1, 0.15) is 5.56 Å². The molecule has 98 valence electrons. The fraction of sp³-hybridized carbons (Fsp3) is 0. The first-order valence-electron chi connectivity index (χ1n) is 5.70. The van der Waals surface area contributed by atoms with Crippen molar-refractivity contribution in [2.24, 2.45) is 5.84 Å². The summed E-state index contributed by atoms with van der Waals surface area (Å²) in [5, 5.41) is 11.0. The first-order valence-corrected chi connectivity index (χ1v) is 6.58. The third kappa shape index (κ3) is 2.14. The van der Waals surface area contributed by atoms with E-state index in [1.165, 1.54) is 11.3 Å². The average Bonchev–Trinajstić information content (AvgIpc) is 2.96. The maximum Gasteiger partial charge on any atom is 0.242 e. The van der Waals surface area contributed by atoms with Crippen molar-refractivity contribution >= 4 is 27.5 Å². The topological polar surface area (TPSA) is 96.8 Å². The molecule has 0 fully saturated rings. The highest BCUT2D eigenvalue weighted by Crippen LogP contribution is 2.33. The van der Waals surface area contributed by atoms with Gasteiger partial charge in [0.15, 0.2) is 0 Å². The molecule has 6 nitrogen and oxygen atoms in total. The number of hydrogen-bond donors (Lipinski definition) is 2. The second-order valence-corrected chi connectivity index (χ2v) is 4.76. The van der Waals surface area contributed by atoms with Crippen LogP contribution in [0.3, 0.4) is 0 Å². The monoisotopic (exact) mass is 283 g/mol. The van der Waals surface area contributed by atoms with Gasteiger partial charge in [0.1, 0.15) is 16.5 Å². The number of hydrazine groups is 1. The van der Waals surface area contributed by atoms with Gasteiger partial charge in [-0.25, -0.2) is 10.8 Å². The predicted molar refractivity (Wildman–Crippen MR) is 76.5 cm³/mol. The van der Waals surface area contributed by atoms with Crippen LogP contribution in [-0.2, 0) is 0 Å². The van der Waals surface area contributed by atoms with E-state index in [0.29, 0.717) is 17.2 Å². The van der Waals surface area contributed by atoms with Gasteiger partial charge in [-0.1, -0.05) is 12.1 Å². The number of anilines is 1. The summed E-state index contributed by atoms with van der Waals surface area (Å²) in [4.78, 5) is 8.41. The highest BCUT2D eigenvalue weighted by Gasteiger charge is 2.12. The van der Waals surface area contributed by atoms with E-state index in [-0.39, 0.29) is 5.95 Å². The molecule has 0 aliphatic rings. The summed E-state index contributed by atoms with van der Waals surface area (Å²) in [6, 6.07) is 10.9. The van der Waals surface area contributed by atoms with Crippen molar-refractivity contribution in [3.63, 3.8) is 0 Å². The molecule has 1 aromatic carbocycles. The van der Waals surface area contributed by atoms with Gasteiger partial charge in [-0.3, -0.25) is 5.43 Å². The second kappa shape index (κ2) is 5.13. The molecule has 0 aliphatic heterocycles. The summed E-state index contributed by atoms with van der Waals surface area (Å²) in [5.74, 6) is 6.44. The summed E-state index contributed by atoms with van der Waals surface area (Å²) in [6.45, 7) is 0. The van der Waals surface area contributed by atoms with Crippen molar-refractivity contribution in [1.29, 1.82) is 5.26 Å². The number of nitrogens with two attached hydrogens (primary N) is 1. The van der Waals surface area contributed by atoms with E-state index in [2.05, 4.69) is 21.5 Å². The Morgan fingerprint density at radius 3 is 2.90 bits per heavy atom. The van der Waals surface area contributed by atoms with Crippen LogP contribution in [0, 0.1) is 11.3 Å². The molecular formula is C13H9N5OS. The number of rotatable bonds is 3. The second-order valence-electron chi connectivity index (χ2n) is 3.84. The van der Waals surface area contributed by atoms with E-state index in [4.69, 9.17) is 15.8 Å². The van der Waals surface area contributed by atoms with Crippen LogP contribution < -0.4 is 16.0 Å². The van der Waals surface area contributed by atoms with Crippen molar-refractivity contribution in [2.45, 2.75) is 0 Å². The summed E-state index contributed by atoms with van der Waals surface area (Å²) in [6.07, 6.45) is 0. The Hall–Kier alpha value is -2.69. The van der Waals surface area contributed by atoms with Crippen molar-refractivity contribution in [3.05, 3.63) is 41.3 Å². The minimum atomic E-state index is 0.264. The molecule has 2 aromatic heterocycles. The molecule has 0 amide bonds. The van der Waals surface area contributed by atoms with Crippen LogP contribution in [0.2, 0.25) is 0 Å². The molecule has 20 heavy (non-hydrogen) atoms. The van der Waals surface area contributed by atoms with Crippen LogP contribution in [0.5, 0.6) is 11.6 Å². The molecule has 3 aromatic rings. The zero-order valence-electron chi connectivity index (χ0n) is 10.2. The number of fused-ring (bicyclic) bond motifs is 1. The Bertz CT molecular complexity index is 808. The first-order chi connectivity index (χ1) is 9.81. The third-order valence-corrected chi connectivity index (χ3v) is 3.51. The van der Waals surface area contributed by atoms with Gasteiger partial charge in [-0.15, -0.1) is 11.3 Å². The Morgan fingerprint density at radius 1 is 1.25 bits per heavy atom. The standard InChI is InChI=1S/C13H9N5OS/c14-7-8-3-1-2-4-10(8)19-12-11-9(5-6-20-11)16-13(17-12)18-15/h1-6H,15H2,(H,16,17,18). The van der Waals surface area contributed by atoms with E-state index < -0.39 is 0 Å². The summed E-state index contributed by atoms with van der Waals surface area (Å²) < 4.78 is 6.56. The third-order valence-electron chi connectivity index (χ3n) is 2.62. The van der Waals surface area contributed by atoms with Crippen molar-refractivity contribution < 1.29 is 4.74 Å².